The van der Waals surface area contributed by atoms with Gasteiger partial charge in [0.1, 0.15) is 0 Å². The van der Waals surface area contributed by atoms with E-state index in [1.165, 1.54) is 0 Å². The van der Waals surface area contributed by atoms with E-state index in [-0.39, 0.29) is 17.5 Å². The molecule has 0 N–H and O–H groups in total. The Kier molecular flexibility index (Phi) is 4.27. The van der Waals surface area contributed by atoms with Gasteiger partial charge in [0.2, 0.25) is 5.91 Å². The number of hydrogen-bond donors (Lipinski definition) is 0. The number of aromatic nitrogens is 2. The molecule has 0 bridgehead atoms. The monoisotopic (exact) mass is 322 g/mol. The summed E-state index contributed by atoms with van der Waals surface area (Å²) in [5, 5.41) is 0.754. The molecule has 7 heteroatoms. The lowest BCUT2D eigenvalue weighted by Crippen LogP contribution is -2.47. The minimum absolute atomic E-state index is 0.00341. The summed E-state index contributed by atoms with van der Waals surface area (Å²) in [6.45, 7) is 7.06. The Balaban J connectivity index is 1.75. The number of fused-ring (bicyclic) bond motifs is 1. The molecule has 0 aliphatic carbocycles. The van der Waals surface area contributed by atoms with Gasteiger partial charge in [-0.05, 0) is 20.9 Å². The number of likely N-dealkylation sites (N-methyl/N-ethyl adjacent to an activating group) is 1. The number of piperazine rings is 1. The maximum Gasteiger partial charge on any atom is 0.257 e. The third-order valence-electron chi connectivity index (χ3n) is 4.59. The highest BCUT2D eigenvalue weighted by atomic mass is 32.2. The number of thioether (sulfide) groups is 1. The molecule has 1 fully saturated rings. The van der Waals surface area contributed by atoms with E-state index in [0.717, 1.165) is 42.8 Å². The van der Waals surface area contributed by atoms with Crippen LogP contribution in [0.3, 0.4) is 0 Å². The van der Waals surface area contributed by atoms with Crippen LogP contribution in [0, 0.1) is 13.8 Å². The molecule has 3 rings (SSSR count). The molecular formula is C15H22N4O2S. The van der Waals surface area contributed by atoms with E-state index < -0.39 is 0 Å². The SMILES string of the molecule is Cc1nc2n(c(=O)c1C)[C@H](CC(=O)N1CCN(C)CC1)CS2. The molecule has 0 saturated carbocycles. The molecule has 0 spiro atoms. The molecule has 0 radical (unpaired) electrons. The Bertz CT molecular complexity index is 650. The highest BCUT2D eigenvalue weighted by molar-refractivity contribution is 7.99. The van der Waals surface area contributed by atoms with Crippen LogP contribution in [0.5, 0.6) is 0 Å². The van der Waals surface area contributed by atoms with Crippen LogP contribution in [-0.2, 0) is 4.79 Å². The summed E-state index contributed by atoms with van der Waals surface area (Å²) in [4.78, 5) is 33.6. The van der Waals surface area contributed by atoms with Crippen LogP contribution in [0.1, 0.15) is 23.7 Å². The van der Waals surface area contributed by atoms with Gasteiger partial charge in [-0.3, -0.25) is 14.2 Å². The molecule has 3 heterocycles. The number of hydrogen-bond acceptors (Lipinski definition) is 5. The van der Waals surface area contributed by atoms with Crippen LogP contribution in [0.4, 0.5) is 0 Å². The number of carbonyl (C=O) groups is 1. The molecule has 2 aliphatic rings. The minimum Gasteiger partial charge on any atom is -0.340 e. The standard InChI is InChI=1S/C15H22N4O2S/c1-10-11(2)16-15-19(14(10)21)12(9-22-15)8-13(20)18-6-4-17(3)5-7-18/h12H,4-9H2,1-3H3/t12-/m1/s1. The first kappa shape index (κ1) is 15.6. The number of carbonyl (C=O) groups excluding carboxylic acids is 1. The molecule has 1 amide bonds. The molecule has 2 aliphatic heterocycles. The molecule has 1 aromatic rings. The highest BCUT2D eigenvalue weighted by Gasteiger charge is 2.30. The number of aryl methyl sites for hydroxylation is 1. The Morgan fingerprint density at radius 2 is 1.95 bits per heavy atom. The van der Waals surface area contributed by atoms with E-state index in [1.807, 2.05) is 11.8 Å². The predicted molar refractivity (Wildman–Crippen MR) is 86.4 cm³/mol. The zero-order valence-electron chi connectivity index (χ0n) is 13.3. The smallest absolute Gasteiger partial charge is 0.257 e. The maximum absolute atomic E-state index is 12.5. The molecule has 1 saturated heterocycles. The fourth-order valence-electron chi connectivity index (χ4n) is 2.91. The van der Waals surface area contributed by atoms with Crippen LogP contribution in [0.15, 0.2) is 9.95 Å². The summed E-state index contributed by atoms with van der Waals surface area (Å²) < 4.78 is 1.72. The van der Waals surface area contributed by atoms with Crippen molar-refractivity contribution in [1.29, 1.82) is 0 Å². The fourth-order valence-corrected chi connectivity index (χ4v) is 4.09. The predicted octanol–water partition coefficient (Wildman–Crippen LogP) is 0.671. The molecule has 120 valence electrons. The van der Waals surface area contributed by atoms with Crippen molar-refractivity contribution in [2.75, 3.05) is 39.0 Å². The topological polar surface area (TPSA) is 58.4 Å². The van der Waals surface area contributed by atoms with E-state index in [0.29, 0.717) is 12.0 Å². The lowest BCUT2D eigenvalue weighted by Gasteiger charge is -2.33. The summed E-state index contributed by atoms with van der Waals surface area (Å²) in [5.41, 5.74) is 1.47. The Hall–Kier alpha value is -1.34. The minimum atomic E-state index is -0.0635. The third kappa shape index (κ3) is 2.79. The van der Waals surface area contributed by atoms with Crippen LogP contribution >= 0.6 is 11.8 Å². The van der Waals surface area contributed by atoms with Crippen molar-refractivity contribution >= 4 is 17.7 Å². The van der Waals surface area contributed by atoms with Gasteiger partial charge < -0.3 is 9.80 Å². The van der Waals surface area contributed by atoms with E-state index in [4.69, 9.17) is 0 Å². The number of nitrogens with zero attached hydrogens (tertiary/aromatic N) is 4. The van der Waals surface area contributed by atoms with Gasteiger partial charge in [0.05, 0.1) is 6.04 Å². The number of rotatable bonds is 2. The first-order valence-corrected chi connectivity index (χ1v) is 8.65. The van der Waals surface area contributed by atoms with Gasteiger partial charge in [-0.25, -0.2) is 4.98 Å². The zero-order valence-corrected chi connectivity index (χ0v) is 14.2. The summed E-state index contributed by atoms with van der Waals surface area (Å²) in [6.07, 6.45) is 0.397. The second-order valence-electron chi connectivity index (χ2n) is 6.13. The average molecular weight is 322 g/mol. The van der Waals surface area contributed by atoms with Gasteiger partial charge in [0, 0.05) is 49.6 Å². The largest absolute Gasteiger partial charge is 0.340 e. The van der Waals surface area contributed by atoms with Crippen molar-refractivity contribution in [3.63, 3.8) is 0 Å². The molecule has 6 nitrogen and oxygen atoms in total. The van der Waals surface area contributed by atoms with Gasteiger partial charge in [-0.15, -0.1) is 0 Å². The lowest BCUT2D eigenvalue weighted by molar-refractivity contribution is -0.133. The van der Waals surface area contributed by atoms with Crippen molar-refractivity contribution in [3.8, 4) is 0 Å². The zero-order chi connectivity index (χ0) is 15.9. The first-order valence-electron chi connectivity index (χ1n) is 7.66. The quantitative estimate of drug-likeness (QED) is 0.749. The molecule has 22 heavy (non-hydrogen) atoms. The van der Waals surface area contributed by atoms with Crippen molar-refractivity contribution in [2.45, 2.75) is 31.5 Å². The van der Waals surface area contributed by atoms with Crippen LogP contribution in [0.2, 0.25) is 0 Å². The van der Waals surface area contributed by atoms with Gasteiger partial charge in [0.25, 0.3) is 5.56 Å². The molecular weight excluding hydrogens is 300 g/mol. The Labute approximate surface area is 134 Å². The molecule has 1 atom stereocenters. The second-order valence-corrected chi connectivity index (χ2v) is 7.12. The van der Waals surface area contributed by atoms with Gasteiger partial charge in [0.15, 0.2) is 5.16 Å². The average Bonchev–Trinajstić information content (AvgIpc) is 2.88. The van der Waals surface area contributed by atoms with Gasteiger partial charge >= 0.3 is 0 Å². The summed E-state index contributed by atoms with van der Waals surface area (Å²) in [6, 6.07) is -0.0635. The summed E-state index contributed by atoms with van der Waals surface area (Å²) >= 11 is 1.57. The van der Waals surface area contributed by atoms with Crippen molar-refractivity contribution < 1.29 is 4.79 Å². The van der Waals surface area contributed by atoms with E-state index in [9.17, 15) is 9.59 Å². The summed E-state index contributed by atoms with van der Waals surface area (Å²) in [5.74, 6) is 0.904. The number of amides is 1. The van der Waals surface area contributed by atoms with Crippen LogP contribution < -0.4 is 5.56 Å². The molecule has 0 aromatic carbocycles. The Morgan fingerprint density at radius 1 is 1.27 bits per heavy atom. The first-order chi connectivity index (χ1) is 10.5. The molecule has 1 aromatic heterocycles. The van der Waals surface area contributed by atoms with Crippen LogP contribution in [-0.4, -0.2) is 64.2 Å². The van der Waals surface area contributed by atoms with E-state index >= 15 is 0 Å². The molecule has 0 unspecified atom stereocenters. The third-order valence-corrected chi connectivity index (χ3v) is 5.69. The van der Waals surface area contributed by atoms with Crippen molar-refractivity contribution in [2.24, 2.45) is 0 Å². The highest BCUT2D eigenvalue weighted by Crippen LogP contribution is 2.32. The van der Waals surface area contributed by atoms with Crippen molar-refractivity contribution in [1.82, 2.24) is 19.4 Å². The maximum atomic E-state index is 12.5. The van der Waals surface area contributed by atoms with E-state index in [2.05, 4.69) is 16.9 Å². The Morgan fingerprint density at radius 3 is 2.64 bits per heavy atom. The van der Waals surface area contributed by atoms with Crippen molar-refractivity contribution in [3.05, 3.63) is 21.6 Å². The van der Waals surface area contributed by atoms with Crippen LogP contribution in [0.25, 0.3) is 0 Å². The normalized spacial score (nSPS) is 22.0. The van der Waals surface area contributed by atoms with E-state index in [1.54, 1.807) is 23.3 Å². The van der Waals surface area contributed by atoms with Gasteiger partial charge in [-0.2, -0.15) is 0 Å². The lowest BCUT2D eigenvalue weighted by atomic mass is 10.2. The second kappa shape index (κ2) is 6.04. The van der Waals surface area contributed by atoms with Gasteiger partial charge in [-0.1, -0.05) is 11.8 Å². The summed E-state index contributed by atoms with van der Waals surface area (Å²) in [7, 11) is 2.07. The fraction of sp³-hybridized carbons (Fsp3) is 0.667.